The van der Waals surface area contributed by atoms with E-state index in [2.05, 4.69) is 20.9 Å². The van der Waals surface area contributed by atoms with Crippen LogP contribution in [0, 0.1) is 12.7 Å². The van der Waals surface area contributed by atoms with E-state index in [9.17, 15) is 4.39 Å². The Morgan fingerprint density at radius 1 is 1.35 bits per heavy atom. The van der Waals surface area contributed by atoms with Crippen molar-refractivity contribution in [2.75, 3.05) is 5.73 Å². The zero-order valence-corrected chi connectivity index (χ0v) is 11.0. The zero-order chi connectivity index (χ0) is 12.4. The lowest BCUT2D eigenvalue weighted by Gasteiger charge is -2.09. The topological polar surface area (TPSA) is 38.9 Å². The molecule has 0 amide bonds. The van der Waals surface area contributed by atoms with Crippen LogP contribution >= 0.6 is 15.9 Å². The Balaban J connectivity index is 2.38. The lowest BCUT2D eigenvalue weighted by molar-refractivity contribution is 0.625. The first-order valence-electron chi connectivity index (χ1n) is 5.21. The van der Waals surface area contributed by atoms with Gasteiger partial charge in [0.25, 0.3) is 0 Å². The summed E-state index contributed by atoms with van der Waals surface area (Å²) >= 11 is 3.28. The molecule has 2 aromatic rings. The average Bonchev–Trinajstić information content (AvgIpc) is 2.22. The van der Waals surface area contributed by atoms with Gasteiger partial charge in [-0.15, -0.1) is 0 Å². The van der Waals surface area contributed by atoms with Gasteiger partial charge >= 0.3 is 0 Å². The summed E-state index contributed by atoms with van der Waals surface area (Å²) in [7, 11) is 0. The number of aryl methyl sites for hydroxylation is 1. The number of pyridine rings is 1. The highest BCUT2D eigenvalue weighted by molar-refractivity contribution is 9.10. The van der Waals surface area contributed by atoms with E-state index >= 15 is 0 Å². The van der Waals surface area contributed by atoms with Gasteiger partial charge in [0.2, 0.25) is 0 Å². The minimum atomic E-state index is -0.255. The SMILES string of the molecule is Cc1ccnc(N)c1Cc1cc(F)cc(Br)c1. The van der Waals surface area contributed by atoms with Crippen molar-refractivity contribution in [1.29, 1.82) is 0 Å². The second-order valence-electron chi connectivity index (χ2n) is 3.95. The monoisotopic (exact) mass is 294 g/mol. The zero-order valence-electron chi connectivity index (χ0n) is 9.37. The van der Waals surface area contributed by atoms with Crippen molar-refractivity contribution in [3.63, 3.8) is 0 Å². The van der Waals surface area contributed by atoms with Crippen molar-refractivity contribution in [3.05, 3.63) is 57.4 Å². The third-order valence-electron chi connectivity index (χ3n) is 2.63. The first-order chi connectivity index (χ1) is 8.06. The standard InChI is InChI=1S/C13H12BrFN2/c1-8-2-3-17-13(16)12(8)6-9-4-10(14)7-11(15)5-9/h2-5,7H,6H2,1H3,(H2,16,17). The predicted molar refractivity (Wildman–Crippen MR) is 70.3 cm³/mol. The van der Waals surface area contributed by atoms with Gasteiger partial charge in [-0.2, -0.15) is 0 Å². The summed E-state index contributed by atoms with van der Waals surface area (Å²) in [4.78, 5) is 4.05. The summed E-state index contributed by atoms with van der Waals surface area (Å²) in [6, 6.07) is 6.73. The normalized spacial score (nSPS) is 10.5. The fourth-order valence-corrected chi connectivity index (χ4v) is 2.27. The summed E-state index contributed by atoms with van der Waals surface area (Å²) in [5, 5.41) is 0. The molecule has 4 heteroatoms. The van der Waals surface area contributed by atoms with E-state index in [1.54, 1.807) is 6.20 Å². The molecule has 2 N–H and O–H groups in total. The van der Waals surface area contributed by atoms with Crippen LogP contribution in [-0.2, 0) is 6.42 Å². The highest BCUT2D eigenvalue weighted by Gasteiger charge is 2.07. The third-order valence-corrected chi connectivity index (χ3v) is 3.08. The van der Waals surface area contributed by atoms with Crippen LogP contribution in [-0.4, -0.2) is 4.98 Å². The molecular weight excluding hydrogens is 283 g/mol. The maximum Gasteiger partial charge on any atom is 0.127 e. The van der Waals surface area contributed by atoms with E-state index in [1.807, 2.05) is 19.1 Å². The van der Waals surface area contributed by atoms with Crippen LogP contribution in [0.4, 0.5) is 10.2 Å². The number of benzene rings is 1. The van der Waals surface area contributed by atoms with Crippen LogP contribution < -0.4 is 5.73 Å². The molecule has 1 heterocycles. The Morgan fingerprint density at radius 3 is 2.76 bits per heavy atom. The van der Waals surface area contributed by atoms with Crippen LogP contribution in [0.25, 0.3) is 0 Å². The van der Waals surface area contributed by atoms with Gasteiger partial charge in [-0.1, -0.05) is 15.9 Å². The molecule has 1 aromatic heterocycles. The fraction of sp³-hybridized carbons (Fsp3) is 0.154. The van der Waals surface area contributed by atoms with Crippen LogP contribution in [0.1, 0.15) is 16.7 Å². The van der Waals surface area contributed by atoms with E-state index in [0.717, 1.165) is 21.2 Å². The summed E-state index contributed by atoms with van der Waals surface area (Å²) in [6.45, 7) is 1.97. The average molecular weight is 295 g/mol. The molecule has 0 saturated heterocycles. The molecule has 0 aliphatic rings. The van der Waals surface area contributed by atoms with E-state index in [1.165, 1.54) is 12.1 Å². The Bertz CT molecular complexity index is 515. The first-order valence-corrected chi connectivity index (χ1v) is 6.00. The smallest absolute Gasteiger partial charge is 0.127 e. The molecule has 0 radical (unpaired) electrons. The van der Waals surface area contributed by atoms with Crippen LogP contribution in [0.3, 0.4) is 0 Å². The van der Waals surface area contributed by atoms with Crippen molar-refractivity contribution >= 4 is 21.7 Å². The van der Waals surface area contributed by atoms with Gasteiger partial charge in [-0.3, -0.25) is 0 Å². The quantitative estimate of drug-likeness (QED) is 0.921. The minimum absolute atomic E-state index is 0.255. The molecular formula is C13H12BrFN2. The first kappa shape index (κ1) is 12.0. The Morgan fingerprint density at radius 2 is 2.12 bits per heavy atom. The highest BCUT2D eigenvalue weighted by Crippen LogP contribution is 2.21. The van der Waals surface area contributed by atoms with Gasteiger partial charge in [0.15, 0.2) is 0 Å². The molecule has 0 saturated carbocycles. The fourth-order valence-electron chi connectivity index (χ4n) is 1.76. The molecule has 0 aliphatic heterocycles. The summed E-state index contributed by atoms with van der Waals surface area (Å²) in [6.07, 6.45) is 2.26. The number of nitrogens with zero attached hydrogens (tertiary/aromatic N) is 1. The van der Waals surface area contributed by atoms with Crippen LogP contribution in [0.15, 0.2) is 34.9 Å². The molecule has 0 fully saturated rings. The van der Waals surface area contributed by atoms with Crippen molar-refractivity contribution in [1.82, 2.24) is 4.98 Å². The van der Waals surface area contributed by atoms with Crippen LogP contribution in [0.2, 0.25) is 0 Å². The number of aromatic nitrogens is 1. The van der Waals surface area contributed by atoms with Crippen LogP contribution in [0.5, 0.6) is 0 Å². The number of nitrogen functional groups attached to an aromatic ring is 1. The third kappa shape index (κ3) is 2.82. The van der Waals surface area contributed by atoms with E-state index in [0.29, 0.717) is 12.2 Å². The van der Waals surface area contributed by atoms with Gasteiger partial charge < -0.3 is 5.73 Å². The number of hydrogen-bond donors (Lipinski definition) is 1. The second kappa shape index (κ2) is 4.84. The van der Waals surface area contributed by atoms with Crippen molar-refractivity contribution < 1.29 is 4.39 Å². The molecule has 88 valence electrons. The number of halogens is 2. The Hall–Kier alpha value is -1.42. The number of nitrogens with two attached hydrogens (primary N) is 1. The van der Waals surface area contributed by atoms with Crippen molar-refractivity contribution in [2.45, 2.75) is 13.3 Å². The molecule has 0 atom stereocenters. The largest absolute Gasteiger partial charge is 0.383 e. The minimum Gasteiger partial charge on any atom is -0.383 e. The summed E-state index contributed by atoms with van der Waals surface area (Å²) in [5.74, 6) is 0.250. The molecule has 1 aromatic carbocycles. The molecule has 0 spiro atoms. The lowest BCUT2D eigenvalue weighted by atomic mass is 10.0. The van der Waals surface area contributed by atoms with Crippen molar-refractivity contribution in [3.8, 4) is 0 Å². The molecule has 0 unspecified atom stereocenters. The highest BCUT2D eigenvalue weighted by atomic mass is 79.9. The van der Waals surface area contributed by atoms with Gasteiger partial charge in [0.05, 0.1) is 0 Å². The number of rotatable bonds is 2. The maximum atomic E-state index is 13.3. The van der Waals surface area contributed by atoms with Crippen molar-refractivity contribution in [2.24, 2.45) is 0 Å². The van der Waals surface area contributed by atoms with E-state index < -0.39 is 0 Å². The maximum absolute atomic E-state index is 13.3. The summed E-state index contributed by atoms with van der Waals surface area (Å²) < 4.78 is 14.0. The van der Waals surface area contributed by atoms with E-state index in [4.69, 9.17) is 5.73 Å². The van der Waals surface area contributed by atoms with Gasteiger partial charge in [-0.25, -0.2) is 9.37 Å². The molecule has 2 nitrogen and oxygen atoms in total. The molecule has 0 bridgehead atoms. The Kier molecular flexibility index (Phi) is 3.43. The predicted octanol–water partition coefficient (Wildman–Crippen LogP) is 3.46. The van der Waals surface area contributed by atoms with Gasteiger partial charge in [0, 0.05) is 22.7 Å². The van der Waals surface area contributed by atoms with Gasteiger partial charge in [0.1, 0.15) is 11.6 Å². The lowest BCUT2D eigenvalue weighted by Crippen LogP contribution is -2.01. The Labute approximate surface area is 108 Å². The second-order valence-corrected chi connectivity index (χ2v) is 4.86. The van der Waals surface area contributed by atoms with E-state index in [-0.39, 0.29) is 5.82 Å². The number of hydrogen-bond acceptors (Lipinski definition) is 2. The molecule has 17 heavy (non-hydrogen) atoms. The summed E-state index contributed by atoms with van der Waals surface area (Å²) in [5.41, 5.74) is 8.72. The molecule has 2 rings (SSSR count). The molecule has 0 aliphatic carbocycles. The number of anilines is 1. The van der Waals surface area contributed by atoms with Gasteiger partial charge in [-0.05, 0) is 42.3 Å².